The third-order valence-electron chi connectivity index (χ3n) is 3.46. The van der Waals surface area contributed by atoms with Crippen molar-refractivity contribution in [2.24, 2.45) is 0 Å². The molecule has 2 aromatic rings. The standard InChI is InChI=1S/C18H23NO/c1-15(20)12-18(17-10-6-3-7-11-17)14-19-13-16-8-4-2-5-9-16/h2-11,15,18-20H,12-14H2,1H3. The normalized spacial score (nSPS) is 13.9. The molecular weight excluding hydrogens is 246 g/mol. The van der Waals surface area contributed by atoms with Crippen LogP contribution in [-0.4, -0.2) is 17.8 Å². The lowest BCUT2D eigenvalue weighted by Gasteiger charge is -2.19. The monoisotopic (exact) mass is 269 g/mol. The summed E-state index contributed by atoms with van der Waals surface area (Å²) in [6, 6.07) is 20.8. The van der Waals surface area contributed by atoms with Crippen LogP contribution < -0.4 is 5.32 Å². The van der Waals surface area contributed by atoms with Gasteiger partial charge < -0.3 is 10.4 Å². The Hall–Kier alpha value is -1.64. The van der Waals surface area contributed by atoms with Crippen LogP contribution in [0.15, 0.2) is 60.7 Å². The van der Waals surface area contributed by atoms with Crippen LogP contribution in [0.3, 0.4) is 0 Å². The van der Waals surface area contributed by atoms with Gasteiger partial charge in [-0.05, 0) is 30.4 Å². The highest BCUT2D eigenvalue weighted by molar-refractivity contribution is 5.20. The molecule has 0 spiro atoms. The van der Waals surface area contributed by atoms with Gasteiger partial charge >= 0.3 is 0 Å². The van der Waals surface area contributed by atoms with E-state index in [1.807, 2.05) is 19.1 Å². The lowest BCUT2D eigenvalue weighted by molar-refractivity contribution is 0.173. The zero-order valence-corrected chi connectivity index (χ0v) is 12.0. The van der Waals surface area contributed by atoms with Gasteiger partial charge in [0.25, 0.3) is 0 Å². The van der Waals surface area contributed by atoms with E-state index in [0.717, 1.165) is 19.5 Å². The number of aliphatic hydroxyl groups is 1. The van der Waals surface area contributed by atoms with E-state index in [4.69, 9.17) is 0 Å². The van der Waals surface area contributed by atoms with E-state index in [1.165, 1.54) is 11.1 Å². The van der Waals surface area contributed by atoms with E-state index in [-0.39, 0.29) is 6.10 Å². The first-order chi connectivity index (χ1) is 9.75. The van der Waals surface area contributed by atoms with Crippen LogP contribution in [0.2, 0.25) is 0 Å². The smallest absolute Gasteiger partial charge is 0.0518 e. The van der Waals surface area contributed by atoms with E-state index in [9.17, 15) is 5.11 Å². The summed E-state index contributed by atoms with van der Waals surface area (Å²) in [6.45, 7) is 3.60. The number of hydrogen-bond acceptors (Lipinski definition) is 2. The highest BCUT2D eigenvalue weighted by Gasteiger charge is 2.13. The van der Waals surface area contributed by atoms with Crippen LogP contribution in [0.5, 0.6) is 0 Å². The molecule has 0 bridgehead atoms. The van der Waals surface area contributed by atoms with Crippen molar-refractivity contribution in [3.05, 3.63) is 71.8 Å². The average Bonchev–Trinajstić information content (AvgIpc) is 2.48. The quantitative estimate of drug-likeness (QED) is 0.808. The van der Waals surface area contributed by atoms with Crippen molar-refractivity contribution in [2.45, 2.75) is 31.9 Å². The summed E-state index contributed by atoms with van der Waals surface area (Å²) in [6.07, 6.45) is 0.505. The maximum atomic E-state index is 9.67. The van der Waals surface area contributed by atoms with Crippen molar-refractivity contribution in [1.82, 2.24) is 5.32 Å². The topological polar surface area (TPSA) is 32.3 Å². The van der Waals surface area contributed by atoms with E-state index in [1.54, 1.807) is 0 Å². The molecule has 0 fully saturated rings. The summed E-state index contributed by atoms with van der Waals surface area (Å²) in [5.74, 6) is 0.347. The number of benzene rings is 2. The van der Waals surface area contributed by atoms with Gasteiger partial charge in [0.2, 0.25) is 0 Å². The Morgan fingerprint density at radius 2 is 1.55 bits per heavy atom. The zero-order chi connectivity index (χ0) is 14.2. The van der Waals surface area contributed by atoms with Crippen LogP contribution in [0, 0.1) is 0 Å². The van der Waals surface area contributed by atoms with E-state index in [2.05, 4.69) is 53.8 Å². The predicted octanol–water partition coefficient (Wildman–Crippen LogP) is 3.33. The molecule has 0 aliphatic rings. The predicted molar refractivity (Wildman–Crippen MR) is 83.6 cm³/mol. The minimum Gasteiger partial charge on any atom is -0.393 e. The molecular formula is C18H23NO. The number of rotatable bonds is 7. The van der Waals surface area contributed by atoms with Crippen molar-refractivity contribution in [2.75, 3.05) is 6.54 Å². The average molecular weight is 269 g/mol. The minimum absolute atomic E-state index is 0.279. The molecule has 2 nitrogen and oxygen atoms in total. The van der Waals surface area contributed by atoms with Gasteiger partial charge in [-0.25, -0.2) is 0 Å². The molecule has 2 atom stereocenters. The van der Waals surface area contributed by atoms with E-state index < -0.39 is 0 Å². The van der Waals surface area contributed by atoms with Crippen molar-refractivity contribution in [3.8, 4) is 0 Å². The summed E-state index contributed by atoms with van der Waals surface area (Å²) in [5, 5.41) is 13.2. The summed E-state index contributed by atoms with van der Waals surface area (Å²) >= 11 is 0. The zero-order valence-electron chi connectivity index (χ0n) is 12.0. The molecule has 0 aliphatic heterocycles. The lowest BCUT2D eigenvalue weighted by Crippen LogP contribution is -2.23. The second kappa shape index (κ2) is 7.83. The van der Waals surface area contributed by atoms with Gasteiger partial charge in [0.1, 0.15) is 0 Å². The number of aliphatic hydroxyl groups excluding tert-OH is 1. The Balaban J connectivity index is 1.91. The third kappa shape index (κ3) is 4.80. The van der Waals surface area contributed by atoms with Gasteiger partial charge in [0.05, 0.1) is 6.10 Å². The van der Waals surface area contributed by atoms with Crippen LogP contribution >= 0.6 is 0 Å². The highest BCUT2D eigenvalue weighted by Crippen LogP contribution is 2.20. The second-order valence-electron chi connectivity index (χ2n) is 5.31. The molecule has 20 heavy (non-hydrogen) atoms. The fourth-order valence-corrected chi connectivity index (χ4v) is 2.46. The van der Waals surface area contributed by atoms with Crippen molar-refractivity contribution < 1.29 is 5.11 Å². The molecule has 2 heteroatoms. The Kier molecular flexibility index (Phi) is 5.78. The molecule has 0 aromatic heterocycles. The molecule has 0 heterocycles. The Morgan fingerprint density at radius 3 is 2.15 bits per heavy atom. The molecule has 0 saturated carbocycles. The fraction of sp³-hybridized carbons (Fsp3) is 0.333. The molecule has 0 amide bonds. The van der Waals surface area contributed by atoms with Gasteiger partial charge in [-0.2, -0.15) is 0 Å². The number of hydrogen-bond donors (Lipinski definition) is 2. The summed E-state index contributed by atoms with van der Waals surface area (Å²) < 4.78 is 0. The van der Waals surface area contributed by atoms with Gasteiger partial charge in [0, 0.05) is 13.1 Å². The van der Waals surface area contributed by atoms with Crippen molar-refractivity contribution in [3.63, 3.8) is 0 Å². The first kappa shape index (κ1) is 14.8. The SMILES string of the molecule is CC(O)CC(CNCc1ccccc1)c1ccccc1. The molecule has 2 N–H and O–H groups in total. The van der Waals surface area contributed by atoms with Gasteiger partial charge in [0.15, 0.2) is 0 Å². The van der Waals surface area contributed by atoms with Crippen LogP contribution in [0.25, 0.3) is 0 Å². The molecule has 0 saturated heterocycles. The molecule has 106 valence electrons. The van der Waals surface area contributed by atoms with Crippen molar-refractivity contribution in [1.29, 1.82) is 0 Å². The third-order valence-corrected chi connectivity index (χ3v) is 3.46. The molecule has 2 unspecified atom stereocenters. The lowest BCUT2D eigenvalue weighted by atomic mass is 9.93. The first-order valence-electron chi connectivity index (χ1n) is 7.23. The second-order valence-corrected chi connectivity index (χ2v) is 5.31. The van der Waals surface area contributed by atoms with Gasteiger partial charge in [-0.1, -0.05) is 60.7 Å². The van der Waals surface area contributed by atoms with E-state index in [0.29, 0.717) is 5.92 Å². The summed E-state index contributed by atoms with van der Waals surface area (Å²) in [5.41, 5.74) is 2.57. The molecule has 2 aromatic carbocycles. The van der Waals surface area contributed by atoms with Crippen LogP contribution in [-0.2, 0) is 6.54 Å². The molecule has 2 rings (SSSR count). The maximum Gasteiger partial charge on any atom is 0.0518 e. The summed E-state index contributed by atoms with van der Waals surface area (Å²) in [7, 11) is 0. The Bertz CT molecular complexity index is 481. The highest BCUT2D eigenvalue weighted by atomic mass is 16.3. The Morgan fingerprint density at radius 1 is 0.950 bits per heavy atom. The number of nitrogens with one attached hydrogen (secondary N) is 1. The van der Waals surface area contributed by atoms with Crippen molar-refractivity contribution >= 4 is 0 Å². The molecule has 0 radical (unpaired) electrons. The largest absolute Gasteiger partial charge is 0.393 e. The summed E-state index contributed by atoms with van der Waals surface area (Å²) in [4.78, 5) is 0. The van der Waals surface area contributed by atoms with Gasteiger partial charge in [-0.3, -0.25) is 0 Å². The maximum absolute atomic E-state index is 9.67. The van der Waals surface area contributed by atoms with Crippen LogP contribution in [0.1, 0.15) is 30.4 Å². The minimum atomic E-state index is -0.279. The van der Waals surface area contributed by atoms with Crippen LogP contribution in [0.4, 0.5) is 0 Å². The Labute approximate surface area is 121 Å². The fourth-order valence-electron chi connectivity index (χ4n) is 2.46. The van der Waals surface area contributed by atoms with E-state index >= 15 is 0 Å². The molecule has 0 aliphatic carbocycles. The first-order valence-corrected chi connectivity index (χ1v) is 7.23. The van der Waals surface area contributed by atoms with Gasteiger partial charge in [-0.15, -0.1) is 0 Å².